The Labute approximate surface area is 128 Å². The number of carbonyl (C=O) groups excluding carboxylic acids is 1. The third kappa shape index (κ3) is 3.70. The van der Waals surface area contributed by atoms with Gasteiger partial charge < -0.3 is 15.4 Å². The van der Waals surface area contributed by atoms with Crippen molar-refractivity contribution in [1.29, 1.82) is 0 Å². The second-order valence-electron chi connectivity index (χ2n) is 5.60. The van der Waals surface area contributed by atoms with Crippen molar-refractivity contribution in [2.75, 3.05) is 19.7 Å². The highest BCUT2D eigenvalue weighted by atomic mass is 32.1. The Morgan fingerprint density at radius 3 is 2.40 bits per heavy atom. The van der Waals surface area contributed by atoms with Crippen molar-refractivity contribution < 1.29 is 9.53 Å². The zero-order chi connectivity index (χ0) is 15.2. The smallest absolute Gasteiger partial charge is 0.235 e. The summed E-state index contributed by atoms with van der Waals surface area (Å²) in [5.74, 6) is 0.107. The van der Waals surface area contributed by atoms with Gasteiger partial charge in [-0.1, -0.05) is 45.8 Å². The summed E-state index contributed by atoms with van der Waals surface area (Å²) in [6.07, 6.45) is 4.35. The van der Waals surface area contributed by atoms with Crippen molar-refractivity contribution in [2.24, 2.45) is 11.1 Å². The van der Waals surface area contributed by atoms with Gasteiger partial charge >= 0.3 is 0 Å². The summed E-state index contributed by atoms with van der Waals surface area (Å²) in [5.41, 5.74) is 5.31. The first-order valence-electron chi connectivity index (χ1n) is 7.72. The molecule has 5 heteroatoms. The molecule has 0 saturated carbocycles. The molecule has 1 heterocycles. The third-order valence-corrected chi connectivity index (χ3v) is 4.51. The van der Waals surface area contributed by atoms with Gasteiger partial charge in [-0.3, -0.25) is 4.79 Å². The molecule has 0 bridgehead atoms. The number of ether oxygens (including phenoxy) is 1. The molecule has 1 atom stereocenters. The summed E-state index contributed by atoms with van der Waals surface area (Å²) in [5, 5.41) is 0. The van der Waals surface area contributed by atoms with E-state index in [1.54, 1.807) is 0 Å². The lowest BCUT2D eigenvalue weighted by Gasteiger charge is -2.40. The van der Waals surface area contributed by atoms with Crippen molar-refractivity contribution in [3.8, 4) is 0 Å². The van der Waals surface area contributed by atoms with Gasteiger partial charge in [0.25, 0.3) is 0 Å². The highest BCUT2D eigenvalue weighted by molar-refractivity contribution is 7.80. The number of nitrogens with zero attached hydrogens (tertiary/aromatic N) is 1. The first-order chi connectivity index (χ1) is 9.51. The molecule has 116 valence electrons. The lowest BCUT2D eigenvalue weighted by atomic mass is 9.77. The van der Waals surface area contributed by atoms with Gasteiger partial charge in [0.2, 0.25) is 5.91 Å². The maximum Gasteiger partial charge on any atom is 0.235 e. The number of morpholine rings is 1. The molecule has 4 nitrogen and oxygen atoms in total. The summed E-state index contributed by atoms with van der Waals surface area (Å²) in [6, 6.07) is 0. The van der Waals surface area contributed by atoms with Gasteiger partial charge in [0.05, 0.1) is 23.1 Å². The van der Waals surface area contributed by atoms with Crippen LogP contribution in [0.15, 0.2) is 0 Å². The fourth-order valence-electron chi connectivity index (χ4n) is 3.00. The quantitative estimate of drug-likeness (QED) is 0.734. The number of thiocarbonyl (C=S) groups is 1. The molecule has 0 aromatic rings. The normalized spacial score (nSPS) is 19.9. The minimum Gasteiger partial charge on any atom is -0.392 e. The van der Waals surface area contributed by atoms with Crippen LogP contribution in [0.3, 0.4) is 0 Å². The van der Waals surface area contributed by atoms with Gasteiger partial charge in [0.1, 0.15) is 0 Å². The predicted octanol–water partition coefficient (Wildman–Crippen LogP) is 2.50. The Morgan fingerprint density at radius 2 is 1.95 bits per heavy atom. The van der Waals surface area contributed by atoms with Crippen LogP contribution >= 0.6 is 12.2 Å². The second kappa shape index (κ2) is 7.93. The maximum absolute atomic E-state index is 13.0. The summed E-state index contributed by atoms with van der Waals surface area (Å²) < 4.78 is 5.64. The zero-order valence-electron chi connectivity index (χ0n) is 13.0. The Balaban J connectivity index is 2.94. The topological polar surface area (TPSA) is 55.6 Å². The highest BCUT2D eigenvalue weighted by Crippen LogP contribution is 2.33. The van der Waals surface area contributed by atoms with Crippen molar-refractivity contribution in [1.82, 2.24) is 4.90 Å². The Kier molecular flexibility index (Phi) is 6.89. The molecular formula is C15H28N2O2S. The monoisotopic (exact) mass is 300 g/mol. The molecule has 2 N–H and O–H groups in total. The van der Waals surface area contributed by atoms with Crippen molar-refractivity contribution in [2.45, 2.75) is 59.0 Å². The van der Waals surface area contributed by atoms with E-state index in [0.29, 0.717) is 24.7 Å². The van der Waals surface area contributed by atoms with Gasteiger partial charge in [-0.05, 0) is 19.3 Å². The minimum absolute atomic E-state index is 0.107. The fraction of sp³-hybridized carbons (Fsp3) is 0.867. The lowest BCUT2D eigenvalue weighted by Crippen LogP contribution is -2.55. The predicted molar refractivity (Wildman–Crippen MR) is 85.6 cm³/mol. The van der Waals surface area contributed by atoms with Gasteiger partial charge in [-0.25, -0.2) is 0 Å². The SMILES string of the molecule is CCCC(CCC)(C(=O)N1CCOC(CC)C1)C(N)=S. The first kappa shape index (κ1) is 17.4. The van der Waals surface area contributed by atoms with E-state index in [9.17, 15) is 4.79 Å². The summed E-state index contributed by atoms with van der Waals surface area (Å²) in [6.45, 7) is 8.14. The standard InChI is InChI=1S/C15H28N2O2S/c1-4-7-15(8-5-2,13(16)20)14(18)17-9-10-19-12(6-3)11-17/h12H,4-11H2,1-3H3,(H2,16,20). The molecule has 1 aliphatic heterocycles. The maximum atomic E-state index is 13.0. The van der Waals surface area contributed by atoms with Gasteiger partial charge in [-0.2, -0.15) is 0 Å². The Morgan fingerprint density at radius 1 is 1.35 bits per heavy atom. The average Bonchev–Trinajstić information content (AvgIpc) is 2.46. The van der Waals surface area contributed by atoms with E-state index >= 15 is 0 Å². The fourth-order valence-corrected chi connectivity index (χ4v) is 3.29. The summed E-state index contributed by atoms with van der Waals surface area (Å²) >= 11 is 5.26. The van der Waals surface area contributed by atoms with Crippen LogP contribution in [0.1, 0.15) is 52.9 Å². The molecule has 1 amide bonds. The molecule has 0 aromatic carbocycles. The van der Waals surface area contributed by atoms with Crippen LogP contribution < -0.4 is 5.73 Å². The number of hydrogen-bond donors (Lipinski definition) is 1. The van der Waals surface area contributed by atoms with E-state index in [1.165, 1.54) is 0 Å². The molecule has 0 aromatic heterocycles. The van der Waals surface area contributed by atoms with Gasteiger partial charge in [-0.15, -0.1) is 0 Å². The van der Waals surface area contributed by atoms with Crippen LogP contribution in [0.4, 0.5) is 0 Å². The zero-order valence-corrected chi connectivity index (χ0v) is 13.8. The van der Waals surface area contributed by atoms with Crippen molar-refractivity contribution >= 4 is 23.1 Å². The number of nitrogens with two attached hydrogens (primary N) is 1. The minimum atomic E-state index is -0.658. The number of amides is 1. The van der Waals surface area contributed by atoms with Crippen molar-refractivity contribution in [3.05, 3.63) is 0 Å². The van der Waals surface area contributed by atoms with Crippen LogP contribution in [0.25, 0.3) is 0 Å². The van der Waals surface area contributed by atoms with Crippen LogP contribution in [0, 0.1) is 5.41 Å². The molecule has 0 spiro atoms. The molecule has 1 aliphatic rings. The summed E-state index contributed by atoms with van der Waals surface area (Å²) in [7, 11) is 0. The average molecular weight is 300 g/mol. The van der Waals surface area contributed by atoms with Crippen LogP contribution in [0.5, 0.6) is 0 Å². The Bertz CT molecular complexity index is 341. The molecule has 0 radical (unpaired) electrons. The number of carbonyl (C=O) groups is 1. The van der Waals surface area contributed by atoms with E-state index < -0.39 is 5.41 Å². The largest absolute Gasteiger partial charge is 0.392 e. The second-order valence-corrected chi connectivity index (χ2v) is 6.04. The van der Waals surface area contributed by atoms with Gasteiger partial charge in [0, 0.05) is 13.1 Å². The molecule has 1 unspecified atom stereocenters. The molecule has 0 aliphatic carbocycles. The van der Waals surface area contributed by atoms with E-state index in [-0.39, 0.29) is 12.0 Å². The number of rotatable bonds is 7. The lowest BCUT2D eigenvalue weighted by molar-refractivity contribution is -0.146. The third-order valence-electron chi connectivity index (χ3n) is 4.12. The van der Waals surface area contributed by atoms with Crippen LogP contribution in [0.2, 0.25) is 0 Å². The van der Waals surface area contributed by atoms with E-state index in [0.717, 1.165) is 32.1 Å². The van der Waals surface area contributed by atoms with E-state index in [4.69, 9.17) is 22.7 Å². The van der Waals surface area contributed by atoms with E-state index in [2.05, 4.69) is 20.8 Å². The Hall–Kier alpha value is -0.680. The van der Waals surface area contributed by atoms with E-state index in [1.807, 2.05) is 4.90 Å². The highest BCUT2D eigenvalue weighted by Gasteiger charge is 2.43. The van der Waals surface area contributed by atoms with Gasteiger partial charge in [0.15, 0.2) is 0 Å². The molecule has 20 heavy (non-hydrogen) atoms. The molecule has 1 rings (SSSR count). The molecular weight excluding hydrogens is 272 g/mol. The molecule has 1 fully saturated rings. The summed E-state index contributed by atoms with van der Waals surface area (Å²) in [4.78, 5) is 15.3. The van der Waals surface area contributed by atoms with Crippen LogP contribution in [-0.4, -0.2) is 41.6 Å². The van der Waals surface area contributed by atoms with Crippen LogP contribution in [-0.2, 0) is 9.53 Å². The first-order valence-corrected chi connectivity index (χ1v) is 8.13. The number of hydrogen-bond acceptors (Lipinski definition) is 3. The van der Waals surface area contributed by atoms with Crippen molar-refractivity contribution in [3.63, 3.8) is 0 Å². The molecule has 1 saturated heterocycles.